The Bertz CT molecular complexity index is 767. The number of carbonyl (C=O) groups is 2. The Morgan fingerprint density at radius 2 is 1.83 bits per heavy atom. The average Bonchev–Trinajstić information content (AvgIpc) is 2.56. The Morgan fingerprint density at radius 3 is 2.54 bits per heavy atom. The lowest BCUT2D eigenvalue weighted by atomic mass is 10.1. The number of rotatable bonds is 4. The molecule has 0 saturated carbocycles. The molecule has 2 N–H and O–H groups in total. The lowest BCUT2D eigenvalue weighted by molar-refractivity contribution is -0.128. The van der Waals surface area contributed by atoms with E-state index in [1.165, 1.54) is 25.1 Å². The van der Waals surface area contributed by atoms with Gasteiger partial charge in [-0.05, 0) is 60.2 Å². The highest BCUT2D eigenvalue weighted by Crippen LogP contribution is 2.17. The molecular formula is C17H16FIN2O3. The number of nitrogens with one attached hydrogen (secondary N) is 2. The summed E-state index contributed by atoms with van der Waals surface area (Å²) in [7, 11) is 0. The summed E-state index contributed by atoms with van der Waals surface area (Å²) in [4.78, 5) is 24.1. The molecule has 1 atom stereocenters. The summed E-state index contributed by atoms with van der Waals surface area (Å²) < 4.78 is 19.6. The minimum absolute atomic E-state index is 0.0280. The number of para-hydroxylation sites is 1. The molecule has 2 rings (SSSR count). The molecule has 0 bridgehead atoms. The largest absolute Gasteiger partial charge is 0.478 e. The van der Waals surface area contributed by atoms with Crippen molar-refractivity contribution in [1.82, 2.24) is 10.9 Å². The minimum atomic E-state index is -0.973. The van der Waals surface area contributed by atoms with Crippen LogP contribution in [0.15, 0.2) is 42.5 Å². The summed E-state index contributed by atoms with van der Waals surface area (Å²) in [5.74, 6) is -1.61. The Kier molecular flexibility index (Phi) is 6.13. The number of amides is 2. The first-order valence-corrected chi connectivity index (χ1v) is 8.24. The van der Waals surface area contributed by atoms with Gasteiger partial charge in [0.25, 0.3) is 11.8 Å². The van der Waals surface area contributed by atoms with Crippen molar-refractivity contribution in [1.29, 1.82) is 0 Å². The zero-order chi connectivity index (χ0) is 17.7. The lowest BCUT2D eigenvalue weighted by Crippen LogP contribution is -2.47. The van der Waals surface area contributed by atoms with Gasteiger partial charge in [0, 0.05) is 3.57 Å². The third-order valence-corrected chi connectivity index (χ3v) is 4.68. The topological polar surface area (TPSA) is 67.4 Å². The van der Waals surface area contributed by atoms with Gasteiger partial charge < -0.3 is 4.74 Å². The van der Waals surface area contributed by atoms with Crippen molar-refractivity contribution in [2.45, 2.75) is 20.0 Å². The molecule has 0 aliphatic heterocycles. The van der Waals surface area contributed by atoms with Gasteiger partial charge in [-0.25, -0.2) is 4.39 Å². The van der Waals surface area contributed by atoms with Crippen LogP contribution in [0.1, 0.15) is 22.8 Å². The van der Waals surface area contributed by atoms with Crippen LogP contribution in [0.5, 0.6) is 5.75 Å². The second kappa shape index (κ2) is 8.09. The summed E-state index contributed by atoms with van der Waals surface area (Å²) >= 11 is 2.07. The van der Waals surface area contributed by atoms with E-state index in [1.807, 2.05) is 13.0 Å². The van der Waals surface area contributed by atoms with E-state index in [-0.39, 0.29) is 5.75 Å². The molecular weight excluding hydrogens is 426 g/mol. The second-order valence-corrected chi connectivity index (χ2v) is 6.15. The van der Waals surface area contributed by atoms with E-state index < -0.39 is 23.7 Å². The van der Waals surface area contributed by atoms with Gasteiger partial charge in [0.1, 0.15) is 0 Å². The number of hydrogen-bond acceptors (Lipinski definition) is 3. The molecule has 0 aliphatic rings. The quantitative estimate of drug-likeness (QED) is 0.566. The zero-order valence-corrected chi connectivity index (χ0v) is 15.3. The molecule has 2 aromatic carbocycles. The molecule has 1 unspecified atom stereocenters. The molecule has 7 heteroatoms. The van der Waals surface area contributed by atoms with Crippen LogP contribution in [-0.2, 0) is 4.79 Å². The number of carbonyl (C=O) groups excluding carboxylic acids is 2. The van der Waals surface area contributed by atoms with Gasteiger partial charge in [-0.15, -0.1) is 0 Å². The van der Waals surface area contributed by atoms with E-state index in [2.05, 4.69) is 33.4 Å². The molecule has 0 saturated heterocycles. The van der Waals surface area contributed by atoms with E-state index >= 15 is 0 Å². The highest BCUT2D eigenvalue weighted by Gasteiger charge is 2.18. The van der Waals surface area contributed by atoms with Crippen LogP contribution in [0, 0.1) is 16.3 Å². The molecule has 0 fully saturated rings. The van der Waals surface area contributed by atoms with Crippen molar-refractivity contribution in [3.05, 3.63) is 63.0 Å². The van der Waals surface area contributed by atoms with Crippen LogP contribution in [0.4, 0.5) is 4.39 Å². The summed E-state index contributed by atoms with van der Waals surface area (Å²) in [6, 6.07) is 11.1. The second-order valence-electron chi connectivity index (χ2n) is 5.07. The maximum absolute atomic E-state index is 13.5. The van der Waals surface area contributed by atoms with Crippen LogP contribution >= 0.6 is 22.6 Å². The highest BCUT2D eigenvalue weighted by molar-refractivity contribution is 14.1. The van der Waals surface area contributed by atoms with E-state index in [0.29, 0.717) is 5.56 Å². The Hall–Kier alpha value is -2.16. The molecule has 0 heterocycles. The number of hydrazine groups is 1. The van der Waals surface area contributed by atoms with Crippen molar-refractivity contribution in [3.8, 4) is 5.75 Å². The SMILES string of the molecule is Cc1cccc(C(=O)NNC(=O)C(C)Oc2ccccc2F)c1I. The smallest absolute Gasteiger partial charge is 0.279 e. The maximum Gasteiger partial charge on any atom is 0.279 e. The van der Waals surface area contributed by atoms with Gasteiger partial charge in [-0.1, -0.05) is 24.3 Å². The molecule has 5 nitrogen and oxygen atoms in total. The van der Waals surface area contributed by atoms with Crippen LogP contribution in [-0.4, -0.2) is 17.9 Å². The van der Waals surface area contributed by atoms with Crippen molar-refractivity contribution in [3.63, 3.8) is 0 Å². The highest BCUT2D eigenvalue weighted by atomic mass is 127. The van der Waals surface area contributed by atoms with Crippen LogP contribution in [0.3, 0.4) is 0 Å². The number of halogens is 2. The number of benzene rings is 2. The normalized spacial score (nSPS) is 11.5. The fraction of sp³-hybridized carbons (Fsp3) is 0.176. The molecule has 0 aromatic heterocycles. The van der Waals surface area contributed by atoms with Gasteiger partial charge in [-0.2, -0.15) is 0 Å². The van der Waals surface area contributed by atoms with Crippen LogP contribution < -0.4 is 15.6 Å². The summed E-state index contributed by atoms with van der Waals surface area (Å²) in [5, 5.41) is 0. The van der Waals surface area contributed by atoms with Crippen molar-refractivity contribution in [2.75, 3.05) is 0 Å². The van der Waals surface area contributed by atoms with Gasteiger partial charge in [-0.3, -0.25) is 20.4 Å². The monoisotopic (exact) mass is 442 g/mol. The Morgan fingerprint density at radius 1 is 1.12 bits per heavy atom. The third-order valence-electron chi connectivity index (χ3n) is 3.25. The first-order valence-electron chi connectivity index (χ1n) is 7.16. The predicted molar refractivity (Wildman–Crippen MR) is 96.0 cm³/mol. The first-order chi connectivity index (χ1) is 11.4. The van der Waals surface area contributed by atoms with E-state index in [0.717, 1.165) is 9.13 Å². The van der Waals surface area contributed by atoms with Gasteiger partial charge in [0.2, 0.25) is 0 Å². The molecule has 0 radical (unpaired) electrons. The summed E-state index contributed by atoms with van der Waals surface area (Å²) in [6.45, 7) is 3.35. The Balaban J connectivity index is 1.94. The van der Waals surface area contributed by atoms with Crippen molar-refractivity contribution < 1.29 is 18.7 Å². The zero-order valence-electron chi connectivity index (χ0n) is 13.1. The molecule has 0 spiro atoms. The van der Waals surface area contributed by atoms with Gasteiger partial charge in [0.15, 0.2) is 17.7 Å². The van der Waals surface area contributed by atoms with Gasteiger partial charge >= 0.3 is 0 Å². The molecule has 126 valence electrons. The first kappa shape index (κ1) is 18.2. The van der Waals surface area contributed by atoms with Crippen molar-refractivity contribution in [2.24, 2.45) is 0 Å². The Labute approximate surface area is 152 Å². The molecule has 24 heavy (non-hydrogen) atoms. The van der Waals surface area contributed by atoms with E-state index in [9.17, 15) is 14.0 Å². The molecule has 2 aromatic rings. The third kappa shape index (κ3) is 4.44. The van der Waals surface area contributed by atoms with E-state index in [1.54, 1.807) is 18.2 Å². The van der Waals surface area contributed by atoms with Gasteiger partial charge in [0.05, 0.1) is 5.56 Å². The van der Waals surface area contributed by atoms with Crippen molar-refractivity contribution >= 4 is 34.4 Å². The maximum atomic E-state index is 13.5. The molecule has 0 aliphatic carbocycles. The average molecular weight is 442 g/mol. The predicted octanol–water partition coefficient (Wildman–Crippen LogP) is 2.97. The fourth-order valence-corrected chi connectivity index (χ4v) is 2.50. The van der Waals surface area contributed by atoms with Crippen LogP contribution in [0.25, 0.3) is 0 Å². The standard InChI is InChI=1S/C17H16FIN2O3/c1-10-6-5-7-12(15(10)19)17(23)21-20-16(22)11(2)24-14-9-4-3-8-13(14)18/h3-9,11H,1-2H3,(H,20,22)(H,21,23). The fourth-order valence-electron chi connectivity index (χ4n) is 1.89. The summed E-state index contributed by atoms with van der Waals surface area (Å²) in [5.41, 5.74) is 6.03. The minimum Gasteiger partial charge on any atom is -0.478 e. The van der Waals surface area contributed by atoms with E-state index in [4.69, 9.17) is 4.74 Å². The lowest BCUT2D eigenvalue weighted by Gasteiger charge is -2.16. The number of aryl methyl sites for hydroxylation is 1. The number of ether oxygens (including phenoxy) is 1. The number of hydrogen-bond donors (Lipinski definition) is 2. The molecule has 2 amide bonds. The summed E-state index contributed by atoms with van der Waals surface area (Å²) in [6.07, 6.45) is -0.973. The van der Waals surface area contributed by atoms with Crippen LogP contribution in [0.2, 0.25) is 0 Å².